The Morgan fingerprint density at radius 1 is 1.11 bits per heavy atom. The van der Waals surface area contributed by atoms with Crippen molar-refractivity contribution in [3.63, 3.8) is 0 Å². The van der Waals surface area contributed by atoms with Gasteiger partial charge in [0.15, 0.2) is 12.3 Å². The van der Waals surface area contributed by atoms with E-state index in [1.165, 1.54) is 33.8 Å². The molecule has 5 nitrogen and oxygen atoms in total. The van der Waals surface area contributed by atoms with Crippen LogP contribution in [0.15, 0.2) is 84.6 Å². The fourth-order valence-electron chi connectivity index (χ4n) is 5.11. The molecule has 0 aliphatic carbocycles. The molecule has 1 unspecified atom stereocenters. The number of carbonyl (C=O) groups is 1. The van der Waals surface area contributed by atoms with E-state index in [1.807, 2.05) is 18.2 Å². The number of anilines is 1. The third kappa shape index (κ3) is 5.20. The maximum absolute atomic E-state index is 8.89. The summed E-state index contributed by atoms with van der Waals surface area (Å²) in [4.78, 5) is 11.2. The molecule has 3 aromatic carbocycles. The number of likely N-dealkylation sites (N-methyl/N-ethyl adjacent to an activating group) is 1. The van der Waals surface area contributed by atoms with Crippen LogP contribution in [0.25, 0.3) is 0 Å². The predicted molar refractivity (Wildman–Crippen MR) is 143 cm³/mol. The first-order valence-corrected chi connectivity index (χ1v) is 12.3. The molecule has 0 radical (unpaired) electrons. The molecule has 0 aromatic heterocycles. The average molecular weight is 483 g/mol. The minimum absolute atomic E-state index is 0.102. The molecule has 5 heteroatoms. The van der Waals surface area contributed by atoms with Crippen LogP contribution in [0.1, 0.15) is 44.4 Å². The zero-order valence-corrected chi connectivity index (χ0v) is 21.7. The monoisotopic (exact) mass is 482 g/mol. The molecule has 0 N–H and O–H groups in total. The number of nitrogens with zero attached hydrogens (tertiary/aromatic N) is 2. The van der Waals surface area contributed by atoms with Crippen LogP contribution in [0.5, 0.6) is 5.75 Å². The Labute approximate surface area is 214 Å². The summed E-state index contributed by atoms with van der Waals surface area (Å²) in [5.74, 6) is -0.165. The Balaban J connectivity index is 0.000000709. The lowest BCUT2D eigenvalue weighted by Crippen LogP contribution is -2.24. The van der Waals surface area contributed by atoms with Gasteiger partial charge in [0.1, 0.15) is 12.4 Å². The molecule has 2 aliphatic heterocycles. The van der Waals surface area contributed by atoms with Gasteiger partial charge in [0.05, 0.1) is 0 Å². The molecule has 2 aliphatic rings. The first-order chi connectivity index (χ1) is 17.2. The maximum Gasteiger partial charge on any atom is 0.208 e. The van der Waals surface area contributed by atoms with E-state index in [0.717, 1.165) is 19.1 Å². The second kappa shape index (κ2) is 10.4. The summed E-state index contributed by atoms with van der Waals surface area (Å²) in [6, 6.07) is 26.0. The molecule has 0 amide bonds. The molecule has 3 aromatic rings. The fraction of sp³-hybridized carbons (Fsp3) is 0.290. The van der Waals surface area contributed by atoms with E-state index in [0.29, 0.717) is 12.6 Å². The second-order valence-electron chi connectivity index (χ2n) is 9.92. The molecule has 0 saturated heterocycles. The van der Waals surface area contributed by atoms with Crippen molar-refractivity contribution >= 4 is 23.6 Å². The molecular formula is C31H34N2O3. The van der Waals surface area contributed by atoms with Gasteiger partial charge in [-0.15, -0.1) is 0 Å². The number of hydrogen-bond donors (Lipinski definition) is 0. The molecule has 0 fully saturated rings. The maximum atomic E-state index is 8.89. The Kier molecular flexibility index (Phi) is 7.30. The highest BCUT2D eigenvalue weighted by molar-refractivity contribution is 5.78. The van der Waals surface area contributed by atoms with Crippen LogP contribution in [0.3, 0.4) is 0 Å². The lowest BCUT2D eigenvalue weighted by molar-refractivity contribution is -0.463. The van der Waals surface area contributed by atoms with Gasteiger partial charge in [-0.05, 0) is 43.2 Å². The van der Waals surface area contributed by atoms with Crippen molar-refractivity contribution in [3.05, 3.63) is 101 Å². The van der Waals surface area contributed by atoms with E-state index in [4.69, 9.17) is 14.6 Å². The minimum atomic E-state index is -1.08. The van der Waals surface area contributed by atoms with Gasteiger partial charge >= 0.3 is 0 Å². The van der Waals surface area contributed by atoms with Gasteiger partial charge in [0.25, 0.3) is 0 Å². The molecule has 0 bridgehead atoms. The highest BCUT2D eigenvalue weighted by atomic mass is 16.5. The van der Waals surface area contributed by atoms with Crippen LogP contribution < -0.4 is 14.7 Å². The second-order valence-corrected chi connectivity index (χ2v) is 9.92. The predicted octanol–water partition coefficient (Wildman–Crippen LogP) is 4.99. The van der Waals surface area contributed by atoms with Crippen molar-refractivity contribution in [1.29, 1.82) is 0 Å². The van der Waals surface area contributed by atoms with Gasteiger partial charge < -0.3 is 19.5 Å². The van der Waals surface area contributed by atoms with Gasteiger partial charge in [0.2, 0.25) is 5.69 Å². The molecular weight excluding hydrogens is 448 g/mol. The van der Waals surface area contributed by atoms with Crippen molar-refractivity contribution in [1.82, 2.24) is 0 Å². The van der Waals surface area contributed by atoms with Crippen LogP contribution >= 0.6 is 0 Å². The molecule has 2 heterocycles. The van der Waals surface area contributed by atoms with Gasteiger partial charge in [0, 0.05) is 53.9 Å². The third-order valence-corrected chi connectivity index (χ3v) is 6.91. The topological polar surface area (TPSA) is 55.6 Å². The number of carbonyl (C=O) groups excluding carboxylic acids is 1. The Morgan fingerprint density at radius 2 is 1.78 bits per heavy atom. The van der Waals surface area contributed by atoms with E-state index < -0.39 is 5.97 Å². The van der Waals surface area contributed by atoms with E-state index in [-0.39, 0.29) is 5.41 Å². The fourth-order valence-corrected chi connectivity index (χ4v) is 5.11. The molecule has 5 rings (SSSR count). The molecule has 36 heavy (non-hydrogen) atoms. The number of ether oxygens (including phenoxy) is 1. The molecule has 0 saturated carbocycles. The minimum Gasteiger partial charge on any atom is -0.550 e. The summed E-state index contributed by atoms with van der Waals surface area (Å²) < 4.78 is 8.53. The number of aliphatic carboxylic acids is 1. The summed E-state index contributed by atoms with van der Waals surface area (Å²) in [6.45, 7) is 8.46. The van der Waals surface area contributed by atoms with Gasteiger partial charge in [-0.1, -0.05) is 62.4 Å². The van der Waals surface area contributed by atoms with Crippen LogP contribution in [-0.4, -0.2) is 29.8 Å². The van der Waals surface area contributed by atoms with Crippen molar-refractivity contribution < 1.29 is 19.2 Å². The molecule has 0 spiro atoms. The van der Waals surface area contributed by atoms with E-state index >= 15 is 0 Å². The Hall–Kier alpha value is -3.86. The third-order valence-electron chi connectivity index (χ3n) is 6.91. The number of carboxylic acid groups (broad SMARTS) is 1. The van der Waals surface area contributed by atoms with Gasteiger partial charge in [-0.3, -0.25) is 0 Å². The zero-order valence-electron chi connectivity index (χ0n) is 21.7. The van der Waals surface area contributed by atoms with Crippen molar-refractivity contribution in [2.75, 3.05) is 11.9 Å². The van der Waals surface area contributed by atoms with Crippen LogP contribution in [0.2, 0.25) is 0 Å². The number of allylic oxidation sites excluding steroid dienone is 2. The highest BCUT2D eigenvalue weighted by Crippen LogP contribution is 2.48. The number of rotatable bonds is 4. The quantitative estimate of drug-likeness (QED) is 0.492. The summed E-state index contributed by atoms with van der Waals surface area (Å²) in [5.41, 5.74) is 7.68. The summed E-state index contributed by atoms with van der Waals surface area (Å²) >= 11 is 0. The van der Waals surface area contributed by atoms with Crippen molar-refractivity contribution in [2.45, 2.75) is 52.2 Å². The van der Waals surface area contributed by atoms with E-state index in [1.54, 1.807) is 0 Å². The van der Waals surface area contributed by atoms with E-state index in [2.05, 4.69) is 104 Å². The first kappa shape index (κ1) is 25.2. The smallest absolute Gasteiger partial charge is 0.208 e. The Morgan fingerprint density at radius 3 is 2.50 bits per heavy atom. The number of hydrogen-bond acceptors (Lipinski definition) is 4. The van der Waals surface area contributed by atoms with Crippen molar-refractivity contribution in [2.24, 2.45) is 0 Å². The highest BCUT2D eigenvalue weighted by Gasteiger charge is 2.39. The average Bonchev–Trinajstić information content (AvgIpc) is 3.26. The van der Waals surface area contributed by atoms with Crippen LogP contribution in [0.4, 0.5) is 11.4 Å². The largest absolute Gasteiger partial charge is 0.550 e. The number of carboxylic acids is 1. The lowest BCUT2D eigenvalue weighted by Gasteiger charge is -2.23. The molecule has 186 valence electrons. The summed E-state index contributed by atoms with van der Waals surface area (Å²) in [6.07, 6.45) is 5.66. The van der Waals surface area contributed by atoms with Gasteiger partial charge in [-0.2, -0.15) is 4.58 Å². The van der Waals surface area contributed by atoms with Crippen molar-refractivity contribution in [3.8, 4) is 5.75 Å². The summed E-state index contributed by atoms with van der Waals surface area (Å²) in [5, 5.41) is 8.89. The molecule has 1 atom stereocenters. The number of benzene rings is 3. The Bertz CT molecular complexity index is 1300. The zero-order chi connectivity index (χ0) is 25.9. The first-order valence-electron chi connectivity index (χ1n) is 12.3. The lowest BCUT2D eigenvalue weighted by atomic mass is 9.83. The summed E-state index contributed by atoms with van der Waals surface area (Å²) in [7, 11) is 2.17. The SMILES string of the molecule is CC(=O)[O-].CC1Cc2ccccc2[N+]1=CC=C1N(C)c2ccc(OCc3ccccc3)cc2C1(C)C. The normalized spacial score (nSPS) is 19.5. The standard InChI is InChI=1S/C29H31N2O.C2H4O2/c1-21-18-23-12-8-9-13-26(23)31(21)17-16-28-29(2,3)25-19-24(14-15-27(25)30(28)4)32-20-22-10-6-5-7-11-22;1-2(3)4/h5-17,19,21H,18,20H2,1-4H3;1H3,(H,3,4)/q+1;/p-1. The number of fused-ring (bicyclic) bond motifs is 2. The van der Waals surface area contributed by atoms with E-state index in [9.17, 15) is 0 Å². The van der Waals surface area contributed by atoms with Crippen LogP contribution in [-0.2, 0) is 23.2 Å². The van der Waals surface area contributed by atoms with Gasteiger partial charge in [-0.25, -0.2) is 0 Å². The number of para-hydroxylation sites is 1. The van der Waals surface area contributed by atoms with Crippen LogP contribution in [0, 0.1) is 0 Å².